The minimum atomic E-state index is -0.147. The summed E-state index contributed by atoms with van der Waals surface area (Å²) in [7, 11) is 0. The van der Waals surface area contributed by atoms with Gasteiger partial charge in [0.2, 0.25) is 0 Å². The Kier molecular flexibility index (Phi) is 6.17. The lowest BCUT2D eigenvalue weighted by atomic mass is 10.2. The number of ether oxygens (including phenoxy) is 1. The van der Waals surface area contributed by atoms with E-state index in [4.69, 9.17) is 4.74 Å². The molecule has 0 aromatic rings. The van der Waals surface area contributed by atoms with E-state index in [-0.39, 0.29) is 12.0 Å². The zero-order valence-corrected chi connectivity index (χ0v) is 13.1. The van der Waals surface area contributed by atoms with Gasteiger partial charge in [-0.3, -0.25) is 4.79 Å². The fourth-order valence-electron chi connectivity index (χ4n) is 2.67. The summed E-state index contributed by atoms with van der Waals surface area (Å²) in [4.78, 5) is 16.8. The van der Waals surface area contributed by atoms with E-state index < -0.39 is 0 Å². The third-order valence-corrected chi connectivity index (χ3v) is 4.48. The number of halogens is 1. The number of alkyl halides is 1. The van der Waals surface area contributed by atoms with Crippen LogP contribution in [0.3, 0.4) is 0 Å². The Bertz CT molecular complexity index is 270. The summed E-state index contributed by atoms with van der Waals surface area (Å²) < 4.78 is 6.71. The highest BCUT2D eigenvalue weighted by atomic mass is 127. The van der Waals surface area contributed by atoms with Crippen molar-refractivity contribution in [3.05, 3.63) is 0 Å². The maximum absolute atomic E-state index is 12.3. The molecule has 0 radical (unpaired) electrons. The van der Waals surface area contributed by atoms with Crippen LogP contribution in [0, 0.1) is 0 Å². The second kappa shape index (κ2) is 7.65. The molecule has 0 N–H and O–H groups in total. The fourth-order valence-corrected chi connectivity index (χ4v) is 3.02. The monoisotopic (exact) mass is 366 g/mol. The van der Waals surface area contributed by atoms with E-state index in [9.17, 15) is 4.79 Å². The van der Waals surface area contributed by atoms with Gasteiger partial charge in [0.1, 0.15) is 6.10 Å². The average Bonchev–Trinajstić information content (AvgIpc) is 2.82. The molecule has 1 unspecified atom stereocenters. The van der Waals surface area contributed by atoms with Crippen LogP contribution in [0.1, 0.15) is 25.7 Å². The van der Waals surface area contributed by atoms with E-state index in [1.807, 2.05) is 4.90 Å². The largest absolute Gasteiger partial charge is 0.368 e. The van der Waals surface area contributed by atoms with E-state index in [1.165, 1.54) is 17.4 Å². The Morgan fingerprint density at radius 2 is 2.11 bits per heavy atom. The first-order valence-electron chi connectivity index (χ1n) is 7.00. The Labute approximate surface area is 123 Å². The molecule has 2 aliphatic heterocycles. The molecule has 2 rings (SSSR count). The summed E-state index contributed by atoms with van der Waals surface area (Å²) in [6, 6.07) is 0. The number of hydrogen-bond acceptors (Lipinski definition) is 3. The Morgan fingerprint density at radius 3 is 2.83 bits per heavy atom. The number of hydrogen-bond donors (Lipinski definition) is 0. The summed E-state index contributed by atoms with van der Waals surface area (Å²) in [6.45, 7) is 5.86. The van der Waals surface area contributed by atoms with Gasteiger partial charge in [-0.25, -0.2) is 0 Å². The number of carbonyl (C=O) groups excluding carboxylic acids is 1. The summed E-state index contributed by atoms with van der Waals surface area (Å²) >= 11 is 2.43. The molecule has 4 nitrogen and oxygen atoms in total. The summed E-state index contributed by atoms with van der Waals surface area (Å²) in [5.74, 6) is 0.225. The van der Waals surface area contributed by atoms with Gasteiger partial charge in [0.15, 0.2) is 0 Å². The Hall–Kier alpha value is 0.120. The van der Waals surface area contributed by atoms with Gasteiger partial charge in [0, 0.05) is 30.7 Å². The van der Waals surface area contributed by atoms with Crippen molar-refractivity contribution >= 4 is 28.5 Å². The number of nitrogens with zero attached hydrogens (tertiary/aromatic N) is 2. The smallest absolute Gasteiger partial charge is 0.251 e. The van der Waals surface area contributed by atoms with Gasteiger partial charge in [-0.2, -0.15) is 0 Å². The molecule has 5 heteroatoms. The minimum Gasteiger partial charge on any atom is -0.368 e. The lowest BCUT2D eigenvalue weighted by molar-refractivity contribution is -0.140. The molecule has 18 heavy (non-hydrogen) atoms. The molecule has 104 valence electrons. The summed E-state index contributed by atoms with van der Waals surface area (Å²) in [5, 5.41) is 0. The highest BCUT2D eigenvalue weighted by Gasteiger charge is 2.29. The number of carbonyl (C=O) groups is 1. The normalized spacial score (nSPS) is 26.3. The molecule has 2 saturated heterocycles. The zero-order chi connectivity index (χ0) is 12.8. The quantitative estimate of drug-likeness (QED) is 0.559. The maximum Gasteiger partial charge on any atom is 0.251 e. The highest BCUT2D eigenvalue weighted by Crippen LogP contribution is 2.16. The third kappa shape index (κ3) is 4.06. The van der Waals surface area contributed by atoms with E-state index >= 15 is 0 Å². The van der Waals surface area contributed by atoms with Gasteiger partial charge in [0.05, 0.1) is 0 Å². The van der Waals surface area contributed by atoms with Crippen LogP contribution in [-0.2, 0) is 9.53 Å². The molecular formula is C13H23IN2O2. The van der Waals surface area contributed by atoms with E-state index in [1.54, 1.807) is 0 Å². The molecule has 2 fully saturated rings. The van der Waals surface area contributed by atoms with Crippen LogP contribution in [-0.4, -0.2) is 65.6 Å². The Balaban J connectivity index is 1.78. The van der Waals surface area contributed by atoms with Crippen LogP contribution < -0.4 is 0 Å². The fraction of sp³-hybridized carbons (Fsp3) is 0.923. The predicted molar refractivity (Wildman–Crippen MR) is 80.1 cm³/mol. The molecule has 1 atom stereocenters. The molecule has 2 heterocycles. The molecule has 0 aliphatic carbocycles. The van der Waals surface area contributed by atoms with Crippen molar-refractivity contribution in [2.24, 2.45) is 0 Å². The van der Waals surface area contributed by atoms with Crippen LogP contribution in [0.2, 0.25) is 0 Å². The van der Waals surface area contributed by atoms with Crippen molar-refractivity contribution in [3.8, 4) is 0 Å². The summed E-state index contributed by atoms with van der Waals surface area (Å²) in [5.41, 5.74) is 0. The molecular weight excluding hydrogens is 343 g/mol. The zero-order valence-electron chi connectivity index (χ0n) is 10.9. The van der Waals surface area contributed by atoms with Crippen LogP contribution in [0.4, 0.5) is 0 Å². The first kappa shape index (κ1) is 14.5. The second-order valence-corrected chi connectivity index (χ2v) is 6.14. The SMILES string of the molecule is O=C(C1CCCO1)N1CCCN(CCCI)CC1. The van der Waals surface area contributed by atoms with Crippen LogP contribution in [0.5, 0.6) is 0 Å². The van der Waals surface area contributed by atoms with Gasteiger partial charge < -0.3 is 14.5 Å². The number of rotatable bonds is 4. The molecule has 0 saturated carbocycles. The van der Waals surface area contributed by atoms with Gasteiger partial charge in [-0.05, 0) is 38.8 Å². The van der Waals surface area contributed by atoms with Crippen LogP contribution in [0.25, 0.3) is 0 Å². The van der Waals surface area contributed by atoms with Crippen LogP contribution in [0.15, 0.2) is 0 Å². The molecule has 1 amide bonds. The van der Waals surface area contributed by atoms with E-state index in [0.29, 0.717) is 0 Å². The third-order valence-electron chi connectivity index (χ3n) is 3.71. The molecule has 2 aliphatic rings. The maximum atomic E-state index is 12.3. The average molecular weight is 366 g/mol. The van der Waals surface area contributed by atoms with E-state index in [0.717, 1.165) is 52.0 Å². The van der Waals surface area contributed by atoms with Crippen molar-refractivity contribution in [2.45, 2.75) is 31.8 Å². The second-order valence-electron chi connectivity index (χ2n) is 5.06. The highest BCUT2D eigenvalue weighted by molar-refractivity contribution is 14.1. The predicted octanol–water partition coefficient (Wildman–Crippen LogP) is 1.52. The van der Waals surface area contributed by atoms with E-state index in [2.05, 4.69) is 27.5 Å². The van der Waals surface area contributed by atoms with Crippen molar-refractivity contribution in [2.75, 3.05) is 43.8 Å². The first-order chi connectivity index (χ1) is 8.81. The van der Waals surface area contributed by atoms with Crippen molar-refractivity contribution in [1.82, 2.24) is 9.80 Å². The number of amides is 1. The van der Waals surface area contributed by atoms with Crippen LogP contribution >= 0.6 is 22.6 Å². The molecule has 0 aromatic carbocycles. The van der Waals surface area contributed by atoms with Gasteiger partial charge >= 0.3 is 0 Å². The summed E-state index contributed by atoms with van der Waals surface area (Å²) in [6.07, 6.45) is 4.14. The van der Waals surface area contributed by atoms with Crippen molar-refractivity contribution in [3.63, 3.8) is 0 Å². The lowest BCUT2D eigenvalue weighted by Gasteiger charge is -2.24. The van der Waals surface area contributed by atoms with Gasteiger partial charge in [-0.1, -0.05) is 22.6 Å². The molecule has 0 bridgehead atoms. The van der Waals surface area contributed by atoms with Gasteiger partial charge in [0.25, 0.3) is 5.91 Å². The topological polar surface area (TPSA) is 32.8 Å². The minimum absolute atomic E-state index is 0.147. The lowest BCUT2D eigenvalue weighted by Crippen LogP contribution is -2.41. The standard InChI is InChI=1S/C13H23IN2O2/c14-5-2-6-15-7-3-8-16(10-9-15)13(17)12-4-1-11-18-12/h12H,1-11H2. The van der Waals surface area contributed by atoms with Gasteiger partial charge in [-0.15, -0.1) is 0 Å². The van der Waals surface area contributed by atoms with Crippen molar-refractivity contribution < 1.29 is 9.53 Å². The van der Waals surface area contributed by atoms with Crippen molar-refractivity contribution in [1.29, 1.82) is 0 Å². The molecule has 0 spiro atoms. The first-order valence-corrected chi connectivity index (χ1v) is 8.52. The Morgan fingerprint density at radius 1 is 1.22 bits per heavy atom. The molecule has 0 aromatic heterocycles.